The SMILES string of the molecule is COc1cc([C@@H](CC(F)(F)F)N2CCNCC2)cc(Cl)c1O.Cl. The van der Waals surface area contributed by atoms with Gasteiger partial charge in [-0.25, -0.2) is 0 Å². The highest BCUT2D eigenvalue weighted by Gasteiger charge is 2.36. The lowest BCUT2D eigenvalue weighted by molar-refractivity contribution is -0.148. The summed E-state index contributed by atoms with van der Waals surface area (Å²) in [5.41, 5.74) is 0.388. The number of halogens is 5. The second-order valence-corrected chi connectivity index (χ2v) is 5.58. The van der Waals surface area contributed by atoms with Crippen LogP contribution < -0.4 is 10.1 Å². The number of rotatable bonds is 4. The van der Waals surface area contributed by atoms with Crippen LogP contribution >= 0.6 is 24.0 Å². The predicted molar refractivity (Wildman–Crippen MR) is 84.8 cm³/mol. The van der Waals surface area contributed by atoms with E-state index < -0.39 is 18.6 Å². The Morgan fingerprint density at radius 2 is 1.96 bits per heavy atom. The van der Waals surface area contributed by atoms with Crippen LogP contribution in [0.15, 0.2) is 12.1 Å². The van der Waals surface area contributed by atoms with Gasteiger partial charge in [-0.2, -0.15) is 13.2 Å². The van der Waals surface area contributed by atoms with E-state index in [1.165, 1.54) is 19.2 Å². The van der Waals surface area contributed by atoms with Crippen molar-refractivity contribution in [2.45, 2.75) is 18.6 Å². The minimum atomic E-state index is -4.30. The van der Waals surface area contributed by atoms with Crippen molar-refractivity contribution < 1.29 is 23.0 Å². The fraction of sp³-hybridized carbons (Fsp3) is 0.571. The molecule has 1 aromatic rings. The molecule has 1 saturated heterocycles. The summed E-state index contributed by atoms with van der Waals surface area (Å²) in [6.07, 6.45) is -5.27. The summed E-state index contributed by atoms with van der Waals surface area (Å²) in [7, 11) is 1.33. The van der Waals surface area contributed by atoms with Crippen LogP contribution in [-0.4, -0.2) is 49.5 Å². The highest BCUT2D eigenvalue weighted by atomic mass is 35.5. The number of hydrogen-bond acceptors (Lipinski definition) is 4. The van der Waals surface area contributed by atoms with E-state index >= 15 is 0 Å². The lowest BCUT2D eigenvalue weighted by Crippen LogP contribution is -2.46. The summed E-state index contributed by atoms with van der Waals surface area (Å²) < 4.78 is 43.8. The fourth-order valence-corrected chi connectivity index (χ4v) is 2.83. The van der Waals surface area contributed by atoms with E-state index in [1.54, 1.807) is 4.90 Å². The quantitative estimate of drug-likeness (QED) is 0.847. The first kappa shape index (κ1) is 20.2. The largest absolute Gasteiger partial charge is 0.503 e. The third-order valence-corrected chi connectivity index (χ3v) is 3.96. The number of piperazine rings is 1. The molecule has 132 valence electrons. The number of ether oxygens (including phenoxy) is 1. The van der Waals surface area contributed by atoms with Gasteiger partial charge in [0.2, 0.25) is 0 Å². The molecule has 0 spiro atoms. The van der Waals surface area contributed by atoms with Gasteiger partial charge < -0.3 is 15.2 Å². The highest BCUT2D eigenvalue weighted by Crippen LogP contribution is 2.41. The first-order valence-electron chi connectivity index (χ1n) is 6.89. The first-order valence-corrected chi connectivity index (χ1v) is 7.27. The third-order valence-electron chi connectivity index (χ3n) is 3.67. The summed E-state index contributed by atoms with van der Waals surface area (Å²) in [6.45, 7) is 2.30. The van der Waals surface area contributed by atoms with Gasteiger partial charge in [-0.05, 0) is 17.7 Å². The Kier molecular flexibility index (Phi) is 7.26. The maximum absolute atomic E-state index is 13.0. The topological polar surface area (TPSA) is 44.7 Å². The molecular formula is C14H19Cl2F3N2O2. The molecule has 0 saturated carbocycles. The Bertz CT molecular complexity index is 523. The van der Waals surface area contributed by atoms with E-state index in [-0.39, 0.29) is 28.9 Å². The third kappa shape index (κ3) is 5.31. The average molecular weight is 375 g/mol. The molecule has 0 aliphatic carbocycles. The molecule has 0 aromatic heterocycles. The summed E-state index contributed by atoms with van der Waals surface area (Å²) >= 11 is 5.91. The number of phenols is 1. The number of aromatic hydroxyl groups is 1. The molecule has 1 aromatic carbocycles. The van der Waals surface area contributed by atoms with Crippen LogP contribution in [0.2, 0.25) is 5.02 Å². The van der Waals surface area contributed by atoms with Crippen LogP contribution in [0.1, 0.15) is 18.0 Å². The standard InChI is InChI=1S/C14H18ClF3N2O2.ClH/c1-22-12-7-9(6-10(15)13(12)21)11(8-14(16,17)18)20-4-2-19-3-5-20;/h6-7,11,19,21H,2-5,8H2,1H3;1H/t11-;/m1./s1. The van der Waals surface area contributed by atoms with E-state index in [4.69, 9.17) is 16.3 Å². The molecule has 1 fully saturated rings. The highest BCUT2D eigenvalue weighted by molar-refractivity contribution is 6.32. The molecule has 2 rings (SSSR count). The maximum atomic E-state index is 13.0. The van der Waals surface area contributed by atoms with Gasteiger partial charge in [-0.3, -0.25) is 4.90 Å². The lowest BCUT2D eigenvalue weighted by atomic mass is 10.00. The Morgan fingerprint density at radius 1 is 1.35 bits per heavy atom. The molecule has 1 heterocycles. The van der Waals surface area contributed by atoms with Crippen molar-refractivity contribution >= 4 is 24.0 Å². The van der Waals surface area contributed by atoms with Gasteiger partial charge in [0.1, 0.15) is 0 Å². The molecule has 23 heavy (non-hydrogen) atoms. The lowest BCUT2D eigenvalue weighted by Gasteiger charge is -2.36. The number of hydrogen-bond donors (Lipinski definition) is 2. The first-order chi connectivity index (χ1) is 10.3. The van der Waals surface area contributed by atoms with Gasteiger partial charge in [-0.1, -0.05) is 11.6 Å². The Hall–Kier alpha value is -0.890. The van der Waals surface area contributed by atoms with Crippen LogP contribution in [0.25, 0.3) is 0 Å². The predicted octanol–water partition coefficient (Wildman–Crippen LogP) is 3.37. The van der Waals surface area contributed by atoms with Crippen LogP contribution in [-0.2, 0) is 0 Å². The van der Waals surface area contributed by atoms with Crippen molar-refractivity contribution in [1.82, 2.24) is 10.2 Å². The fourth-order valence-electron chi connectivity index (χ4n) is 2.61. The van der Waals surface area contributed by atoms with Crippen molar-refractivity contribution in [3.05, 3.63) is 22.7 Å². The minimum absolute atomic E-state index is 0. The van der Waals surface area contributed by atoms with Crippen LogP contribution in [0, 0.1) is 0 Å². The summed E-state index contributed by atoms with van der Waals surface area (Å²) in [5, 5.41) is 12.8. The van der Waals surface area contributed by atoms with Crippen LogP contribution in [0.3, 0.4) is 0 Å². The molecule has 1 atom stereocenters. The second kappa shape index (κ2) is 8.28. The van der Waals surface area contributed by atoms with Crippen molar-refractivity contribution in [1.29, 1.82) is 0 Å². The van der Waals surface area contributed by atoms with Gasteiger partial charge >= 0.3 is 6.18 Å². The van der Waals surface area contributed by atoms with E-state index in [1.807, 2.05) is 0 Å². The zero-order valence-electron chi connectivity index (χ0n) is 12.5. The van der Waals surface area contributed by atoms with Gasteiger partial charge in [0.05, 0.1) is 18.6 Å². The van der Waals surface area contributed by atoms with Gasteiger partial charge in [0, 0.05) is 32.2 Å². The van der Waals surface area contributed by atoms with Crippen molar-refractivity contribution in [2.24, 2.45) is 0 Å². The Labute approximate surface area is 144 Å². The summed E-state index contributed by atoms with van der Waals surface area (Å²) in [4.78, 5) is 1.77. The van der Waals surface area contributed by atoms with Crippen molar-refractivity contribution in [2.75, 3.05) is 33.3 Å². The monoisotopic (exact) mass is 374 g/mol. The zero-order valence-corrected chi connectivity index (χ0v) is 14.1. The zero-order chi connectivity index (χ0) is 16.3. The van der Waals surface area contributed by atoms with E-state index in [0.29, 0.717) is 31.7 Å². The summed E-state index contributed by atoms with van der Waals surface area (Å²) in [6, 6.07) is 1.94. The normalized spacial score (nSPS) is 17.4. The molecule has 0 bridgehead atoms. The van der Waals surface area contributed by atoms with Crippen LogP contribution in [0.5, 0.6) is 11.5 Å². The molecule has 4 nitrogen and oxygen atoms in total. The Balaban J connectivity index is 0.00000264. The maximum Gasteiger partial charge on any atom is 0.390 e. The number of benzene rings is 1. The number of methoxy groups -OCH3 is 1. The number of nitrogens with zero attached hydrogens (tertiary/aromatic N) is 1. The second-order valence-electron chi connectivity index (χ2n) is 5.17. The van der Waals surface area contributed by atoms with E-state index in [2.05, 4.69) is 5.32 Å². The van der Waals surface area contributed by atoms with Crippen molar-refractivity contribution in [3.63, 3.8) is 0 Å². The molecule has 1 aliphatic heterocycles. The molecule has 2 N–H and O–H groups in total. The van der Waals surface area contributed by atoms with Crippen LogP contribution in [0.4, 0.5) is 13.2 Å². The van der Waals surface area contributed by atoms with Crippen molar-refractivity contribution in [3.8, 4) is 11.5 Å². The smallest absolute Gasteiger partial charge is 0.390 e. The number of nitrogens with one attached hydrogen (secondary N) is 1. The molecular weight excluding hydrogens is 356 g/mol. The van der Waals surface area contributed by atoms with E-state index in [0.717, 1.165) is 0 Å². The molecule has 0 unspecified atom stereocenters. The summed E-state index contributed by atoms with van der Waals surface area (Å²) in [5.74, 6) is -0.191. The molecule has 1 aliphatic rings. The van der Waals surface area contributed by atoms with Gasteiger partial charge in [0.25, 0.3) is 0 Å². The number of phenolic OH excluding ortho intramolecular Hbond substituents is 1. The van der Waals surface area contributed by atoms with Gasteiger partial charge in [0.15, 0.2) is 11.5 Å². The number of alkyl halides is 3. The minimum Gasteiger partial charge on any atom is -0.503 e. The Morgan fingerprint density at radius 3 is 2.48 bits per heavy atom. The van der Waals surface area contributed by atoms with E-state index in [9.17, 15) is 18.3 Å². The average Bonchev–Trinajstić information content (AvgIpc) is 2.47. The molecule has 9 heteroatoms. The van der Waals surface area contributed by atoms with Gasteiger partial charge in [-0.15, -0.1) is 12.4 Å². The molecule has 0 amide bonds. The molecule has 0 radical (unpaired) electrons.